The topological polar surface area (TPSA) is 149 Å². The standard InChI is InChI=1S/C22H16N6O3/c23-12-21-22(28(31)20-7-2-1-6-19(20)27(21)30)17-11-16(8-9-18(17)24)26-25-15-5-3-4-14(10-15)13-29/h1-11,29H,13,24H2/b26-25+. The summed E-state index contributed by atoms with van der Waals surface area (Å²) in [6.07, 6.45) is 0. The number of aromatic nitrogens is 2. The lowest BCUT2D eigenvalue weighted by Crippen LogP contribution is -2.43. The second-order valence-electron chi connectivity index (χ2n) is 6.69. The van der Waals surface area contributed by atoms with Gasteiger partial charge in [0.2, 0.25) is 0 Å². The molecule has 0 atom stereocenters. The number of azo groups is 1. The summed E-state index contributed by atoms with van der Waals surface area (Å²) in [5, 5.41) is 52.9. The summed E-state index contributed by atoms with van der Waals surface area (Å²) in [6.45, 7) is -0.118. The summed E-state index contributed by atoms with van der Waals surface area (Å²) in [4.78, 5) is 0. The van der Waals surface area contributed by atoms with Crippen LogP contribution in [0.15, 0.2) is 77.0 Å². The molecular formula is C22H16N6O3. The molecule has 0 aliphatic carbocycles. The molecule has 0 spiro atoms. The van der Waals surface area contributed by atoms with E-state index in [1.54, 1.807) is 42.5 Å². The maximum absolute atomic E-state index is 13.1. The predicted octanol–water partition coefficient (Wildman–Crippen LogP) is 3.14. The van der Waals surface area contributed by atoms with E-state index in [4.69, 9.17) is 5.73 Å². The normalized spacial score (nSPS) is 11.1. The van der Waals surface area contributed by atoms with Crippen molar-refractivity contribution in [1.82, 2.24) is 0 Å². The van der Waals surface area contributed by atoms with Crippen molar-refractivity contribution in [3.8, 4) is 17.3 Å². The van der Waals surface area contributed by atoms with Gasteiger partial charge in [-0.2, -0.15) is 20.2 Å². The van der Waals surface area contributed by atoms with Crippen molar-refractivity contribution in [2.24, 2.45) is 10.2 Å². The van der Waals surface area contributed by atoms with E-state index in [2.05, 4.69) is 10.2 Å². The molecule has 4 rings (SSSR count). The molecule has 3 aromatic carbocycles. The number of benzene rings is 3. The van der Waals surface area contributed by atoms with Crippen LogP contribution in [-0.2, 0) is 6.61 Å². The molecule has 0 unspecified atom stereocenters. The molecular weight excluding hydrogens is 396 g/mol. The monoisotopic (exact) mass is 412 g/mol. The molecule has 3 N–H and O–H groups in total. The Labute approximate surface area is 176 Å². The first-order chi connectivity index (χ1) is 15.0. The van der Waals surface area contributed by atoms with Crippen LogP contribution in [0.4, 0.5) is 17.1 Å². The number of nitrogens with two attached hydrogens (primary N) is 1. The van der Waals surface area contributed by atoms with Gasteiger partial charge in [-0.15, -0.1) is 4.73 Å². The number of nitrogens with zero attached hydrogens (tertiary/aromatic N) is 5. The number of fused-ring (bicyclic) bond motifs is 1. The van der Waals surface area contributed by atoms with Crippen LogP contribution in [0.25, 0.3) is 22.3 Å². The highest BCUT2D eigenvalue weighted by molar-refractivity contribution is 5.79. The van der Waals surface area contributed by atoms with E-state index < -0.39 is 0 Å². The lowest BCUT2D eigenvalue weighted by molar-refractivity contribution is -0.622. The molecule has 0 aliphatic rings. The quantitative estimate of drug-likeness (QED) is 0.229. The SMILES string of the molecule is N#Cc1c(-c2cc(/N=N/c3cccc(CO)c3)ccc2N)[n+]([O-])c2ccccc2[n+]1[O-]. The Hall–Kier alpha value is -4.55. The Balaban J connectivity index is 1.86. The lowest BCUT2D eigenvalue weighted by atomic mass is 10.1. The zero-order valence-electron chi connectivity index (χ0n) is 16.1. The van der Waals surface area contributed by atoms with Crippen molar-refractivity contribution in [1.29, 1.82) is 5.26 Å². The van der Waals surface area contributed by atoms with Gasteiger partial charge >= 0.3 is 11.4 Å². The predicted molar refractivity (Wildman–Crippen MR) is 113 cm³/mol. The number of rotatable bonds is 4. The van der Waals surface area contributed by atoms with Crippen LogP contribution in [0.2, 0.25) is 0 Å². The Morgan fingerprint density at radius 3 is 2.26 bits per heavy atom. The summed E-state index contributed by atoms with van der Waals surface area (Å²) < 4.78 is 0.951. The molecule has 0 fully saturated rings. The number of nitrogen functional groups attached to an aromatic ring is 1. The number of para-hydroxylation sites is 2. The highest BCUT2D eigenvalue weighted by Gasteiger charge is 2.30. The minimum Gasteiger partial charge on any atom is -0.617 e. The van der Waals surface area contributed by atoms with Crippen LogP contribution >= 0.6 is 0 Å². The Morgan fingerprint density at radius 2 is 1.58 bits per heavy atom. The first-order valence-corrected chi connectivity index (χ1v) is 9.23. The smallest absolute Gasteiger partial charge is 0.369 e. The number of hydrogen-bond donors (Lipinski definition) is 2. The third-order valence-electron chi connectivity index (χ3n) is 4.72. The average molecular weight is 412 g/mol. The third kappa shape index (κ3) is 3.59. The van der Waals surface area contributed by atoms with Crippen molar-refractivity contribution < 1.29 is 14.6 Å². The van der Waals surface area contributed by atoms with Crippen molar-refractivity contribution in [3.05, 3.63) is 88.4 Å². The van der Waals surface area contributed by atoms with Gasteiger partial charge in [0, 0.05) is 17.8 Å². The molecule has 152 valence electrons. The fourth-order valence-corrected chi connectivity index (χ4v) is 3.22. The summed E-state index contributed by atoms with van der Waals surface area (Å²) >= 11 is 0. The van der Waals surface area contributed by atoms with Crippen molar-refractivity contribution in [3.63, 3.8) is 0 Å². The molecule has 9 heteroatoms. The van der Waals surface area contributed by atoms with Crippen molar-refractivity contribution in [2.45, 2.75) is 6.61 Å². The molecule has 4 aromatic rings. The van der Waals surface area contributed by atoms with Gasteiger partial charge in [0.25, 0.3) is 11.0 Å². The van der Waals surface area contributed by atoms with Crippen molar-refractivity contribution in [2.75, 3.05) is 5.73 Å². The summed E-state index contributed by atoms with van der Waals surface area (Å²) in [6, 6.07) is 19.5. The first kappa shape index (κ1) is 19.8. The minimum atomic E-state index is -0.370. The van der Waals surface area contributed by atoms with E-state index in [9.17, 15) is 20.8 Å². The highest BCUT2D eigenvalue weighted by atomic mass is 16.5. The van der Waals surface area contributed by atoms with Crippen LogP contribution in [0.3, 0.4) is 0 Å². The summed E-state index contributed by atoms with van der Waals surface area (Å²) in [5.74, 6) is 0. The molecule has 9 nitrogen and oxygen atoms in total. The number of aliphatic hydroxyl groups is 1. The third-order valence-corrected chi connectivity index (χ3v) is 4.72. The van der Waals surface area contributed by atoms with Gasteiger partial charge in [0.05, 0.1) is 23.5 Å². The molecule has 0 aliphatic heterocycles. The van der Waals surface area contributed by atoms with Crippen LogP contribution in [0.5, 0.6) is 0 Å². The summed E-state index contributed by atoms with van der Waals surface area (Å²) in [7, 11) is 0. The van der Waals surface area contributed by atoms with Crippen LogP contribution < -0.4 is 15.2 Å². The largest absolute Gasteiger partial charge is 0.617 e. The zero-order chi connectivity index (χ0) is 22.0. The van der Waals surface area contributed by atoms with Gasteiger partial charge in [0.1, 0.15) is 0 Å². The first-order valence-electron chi connectivity index (χ1n) is 9.23. The van der Waals surface area contributed by atoms with Crippen molar-refractivity contribution >= 4 is 28.1 Å². The van der Waals surface area contributed by atoms with E-state index in [1.807, 2.05) is 6.07 Å². The molecule has 1 aromatic heterocycles. The van der Waals surface area contributed by atoms with Gasteiger partial charge in [0.15, 0.2) is 6.07 Å². The molecule has 0 amide bonds. The fraction of sp³-hybridized carbons (Fsp3) is 0.0455. The Morgan fingerprint density at radius 1 is 0.903 bits per heavy atom. The van der Waals surface area contributed by atoms with E-state index in [1.165, 1.54) is 24.3 Å². The second kappa shape index (κ2) is 8.06. The number of anilines is 1. The summed E-state index contributed by atoms with van der Waals surface area (Å²) in [5.41, 5.74) is 7.74. The van der Waals surface area contributed by atoms with Gasteiger partial charge in [-0.1, -0.05) is 24.3 Å². The van der Waals surface area contributed by atoms with Gasteiger partial charge in [-0.25, -0.2) is 0 Å². The highest BCUT2D eigenvalue weighted by Crippen LogP contribution is 2.31. The minimum absolute atomic E-state index is 0.0796. The second-order valence-corrected chi connectivity index (χ2v) is 6.69. The number of aliphatic hydroxyl groups excluding tert-OH is 1. The number of nitriles is 1. The molecule has 0 bridgehead atoms. The molecule has 1 heterocycles. The van der Waals surface area contributed by atoms with Crippen LogP contribution in [0, 0.1) is 21.7 Å². The molecule has 0 radical (unpaired) electrons. The average Bonchev–Trinajstić information content (AvgIpc) is 2.81. The zero-order valence-corrected chi connectivity index (χ0v) is 16.1. The molecule has 0 saturated heterocycles. The van der Waals surface area contributed by atoms with Crippen LogP contribution in [0.1, 0.15) is 11.3 Å². The lowest BCUT2D eigenvalue weighted by Gasteiger charge is -2.11. The van der Waals surface area contributed by atoms with E-state index in [0.717, 1.165) is 0 Å². The molecule has 31 heavy (non-hydrogen) atoms. The Bertz CT molecular complexity index is 1380. The number of hydrogen-bond acceptors (Lipinski definition) is 7. The van der Waals surface area contributed by atoms with E-state index in [0.29, 0.717) is 26.4 Å². The fourth-order valence-electron chi connectivity index (χ4n) is 3.22. The van der Waals surface area contributed by atoms with Gasteiger partial charge in [-0.05, 0) is 35.9 Å². The van der Waals surface area contributed by atoms with Crippen LogP contribution in [-0.4, -0.2) is 5.11 Å². The maximum atomic E-state index is 13.1. The van der Waals surface area contributed by atoms with Gasteiger partial charge in [-0.3, -0.25) is 0 Å². The van der Waals surface area contributed by atoms with E-state index >= 15 is 0 Å². The van der Waals surface area contributed by atoms with E-state index in [-0.39, 0.29) is 40.3 Å². The molecule has 0 saturated carbocycles. The Kier molecular flexibility index (Phi) is 5.13. The van der Waals surface area contributed by atoms with Gasteiger partial charge < -0.3 is 21.3 Å². The maximum Gasteiger partial charge on any atom is 0.369 e.